The van der Waals surface area contributed by atoms with Crippen LogP contribution in [0, 0.1) is 0 Å². The number of amides is 1. The van der Waals surface area contributed by atoms with Crippen LogP contribution >= 0.6 is 0 Å². The lowest BCUT2D eigenvalue weighted by Crippen LogP contribution is -2.44. The third-order valence-electron chi connectivity index (χ3n) is 4.43. The second kappa shape index (κ2) is 7.57. The third-order valence-corrected chi connectivity index (χ3v) is 4.43. The highest BCUT2D eigenvalue weighted by molar-refractivity contribution is 5.93. The molecule has 6 nitrogen and oxygen atoms in total. The van der Waals surface area contributed by atoms with Crippen LogP contribution in [0.1, 0.15) is 19.3 Å². The Kier molecular flexibility index (Phi) is 5.25. The van der Waals surface area contributed by atoms with Crippen LogP contribution in [0.2, 0.25) is 0 Å². The van der Waals surface area contributed by atoms with Gasteiger partial charge < -0.3 is 15.1 Å². The second-order valence-corrected chi connectivity index (χ2v) is 6.51. The van der Waals surface area contributed by atoms with Crippen molar-refractivity contribution in [2.45, 2.75) is 25.3 Å². The summed E-state index contributed by atoms with van der Waals surface area (Å²) in [5.41, 5.74) is 0.916. The summed E-state index contributed by atoms with van der Waals surface area (Å²) in [4.78, 5) is 25.6. The fourth-order valence-corrected chi connectivity index (χ4v) is 3.24. The molecule has 1 atom stereocenters. The van der Waals surface area contributed by atoms with Crippen molar-refractivity contribution >= 4 is 22.6 Å². The fraction of sp³-hybridized carbons (Fsp3) is 0.500. The summed E-state index contributed by atoms with van der Waals surface area (Å²) in [5.74, 6) is 0.973. The topological polar surface area (TPSA) is 61.4 Å². The Morgan fingerprint density at radius 1 is 1.33 bits per heavy atom. The Hall–Kier alpha value is -2.21. The average molecular weight is 327 g/mol. The largest absolute Gasteiger partial charge is 0.354 e. The first-order chi connectivity index (χ1) is 11.7. The van der Waals surface area contributed by atoms with Crippen molar-refractivity contribution in [2.75, 3.05) is 38.6 Å². The molecule has 0 spiro atoms. The van der Waals surface area contributed by atoms with Gasteiger partial charge in [0.1, 0.15) is 18.2 Å². The number of hydrogen-bond acceptors (Lipinski definition) is 5. The monoisotopic (exact) mass is 327 g/mol. The summed E-state index contributed by atoms with van der Waals surface area (Å²) in [7, 11) is 4.08. The Bertz CT molecular complexity index is 697. The fourth-order valence-electron chi connectivity index (χ4n) is 3.24. The highest BCUT2D eigenvalue weighted by Gasteiger charge is 2.32. The zero-order chi connectivity index (χ0) is 16.9. The van der Waals surface area contributed by atoms with Gasteiger partial charge in [-0.2, -0.15) is 0 Å². The minimum absolute atomic E-state index is 0.106. The number of fused-ring (bicyclic) bond motifs is 1. The third kappa shape index (κ3) is 3.64. The zero-order valence-electron chi connectivity index (χ0n) is 14.4. The first-order valence-electron chi connectivity index (χ1n) is 8.55. The number of hydrogen-bond donors (Lipinski definition) is 1. The molecule has 128 valence electrons. The summed E-state index contributed by atoms with van der Waals surface area (Å²) >= 11 is 0. The van der Waals surface area contributed by atoms with Gasteiger partial charge in [-0.25, -0.2) is 9.97 Å². The van der Waals surface area contributed by atoms with E-state index in [1.165, 1.54) is 0 Å². The number of nitrogens with one attached hydrogen (secondary N) is 1. The van der Waals surface area contributed by atoms with Gasteiger partial charge in [-0.05, 0) is 52.0 Å². The molecule has 0 bridgehead atoms. The van der Waals surface area contributed by atoms with E-state index >= 15 is 0 Å². The van der Waals surface area contributed by atoms with Crippen LogP contribution in [-0.2, 0) is 4.79 Å². The molecule has 1 aliphatic rings. The van der Waals surface area contributed by atoms with Crippen molar-refractivity contribution in [1.29, 1.82) is 0 Å². The van der Waals surface area contributed by atoms with Gasteiger partial charge in [0.15, 0.2) is 0 Å². The van der Waals surface area contributed by atoms with Gasteiger partial charge in [0.25, 0.3) is 0 Å². The molecule has 2 aromatic rings. The molecule has 1 unspecified atom stereocenters. The van der Waals surface area contributed by atoms with E-state index < -0.39 is 0 Å². The molecular weight excluding hydrogens is 302 g/mol. The molecule has 2 heterocycles. The van der Waals surface area contributed by atoms with Gasteiger partial charge in [-0.15, -0.1) is 0 Å². The molecule has 1 amide bonds. The number of nitrogens with zero attached hydrogens (tertiary/aromatic N) is 4. The first-order valence-corrected chi connectivity index (χ1v) is 8.55. The highest BCUT2D eigenvalue weighted by Crippen LogP contribution is 2.29. The van der Waals surface area contributed by atoms with Crippen molar-refractivity contribution in [2.24, 2.45) is 0 Å². The zero-order valence-corrected chi connectivity index (χ0v) is 14.4. The molecule has 0 aliphatic carbocycles. The Balaban J connectivity index is 1.72. The summed E-state index contributed by atoms with van der Waals surface area (Å²) in [6, 6.07) is 7.82. The van der Waals surface area contributed by atoms with Crippen molar-refractivity contribution in [3.63, 3.8) is 0 Å². The van der Waals surface area contributed by atoms with Crippen LogP contribution in [0.25, 0.3) is 10.9 Å². The lowest BCUT2D eigenvalue weighted by atomic mass is 10.2. The maximum atomic E-state index is 12.6. The molecule has 6 heteroatoms. The smallest absolute Gasteiger partial charge is 0.242 e. The molecule has 1 N–H and O–H groups in total. The summed E-state index contributed by atoms with van der Waals surface area (Å²) in [5, 5.41) is 4.08. The van der Waals surface area contributed by atoms with E-state index in [2.05, 4.69) is 25.1 Å². The first kappa shape index (κ1) is 16.6. The Morgan fingerprint density at radius 3 is 3.00 bits per heavy atom. The van der Waals surface area contributed by atoms with Gasteiger partial charge >= 0.3 is 0 Å². The van der Waals surface area contributed by atoms with Crippen LogP contribution in [-0.4, -0.2) is 60.5 Å². The number of para-hydroxylation sites is 1. The van der Waals surface area contributed by atoms with E-state index in [1.807, 2.05) is 38.4 Å². The maximum Gasteiger partial charge on any atom is 0.242 e. The molecule has 1 saturated heterocycles. The van der Waals surface area contributed by atoms with Gasteiger partial charge in [-0.1, -0.05) is 12.1 Å². The summed E-state index contributed by atoms with van der Waals surface area (Å²) in [6.07, 6.45) is 4.43. The van der Waals surface area contributed by atoms with Crippen molar-refractivity contribution in [3.8, 4) is 0 Å². The summed E-state index contributed by atoms with van der Waals surface area (Å²) < 4.78 is 0. The number of aromatic nitrogens is 2. The normalized spacial score (nSPS) is 17.6. The molecule has 1 fully saturated rings. The van der Waals surface area contributed by atoms with Crippen molar-refractivity contribution in [3.05, 3.63) is 30.6 Å². The summed E-state index contributed by atoms with van der Waals surface area (Å²) in [6.45, 7) is 2.55. The molecule has 24 heavy (non-hydrogen) atoms. The quantitative estimate of drug-likeness (QED) is 0.818. The Labute approximate surface area is 142 Å². The molecule has 0 saturated carbocycles. The minimum Gasteiger partial charge on any atom is -0.354 e. The van der Waals surface area contributed by atoms with Gasteiger partial charge in [-0.3, -0.25) is 4.79 Å². The standard InChI is InChI=1S/C18H25N5O/c1-22(2)11-6-10-19-18(24)16-9-5-12-23(16)17-14-7-3-4-8-15(14)20-13-21-17/h3-4,7-8,13,16H,5-6,9-12H2,1-2H3,(H,19,24). The molecular formula is C18H25N5O. The molecule has 3 rings (SSSR count). The van der Waals surface area contributed by atoms with Gasteiger partial charge in [0.2, 0.25) is 5.91 Å². The number of rotatable bonds is 6. The van der Waals surface area contributed by atoms with Crippen LogP contribution in [0.4, 0.5) is 5.82 Å². The molecule has 1 aliphatic heterocycles. The molecule has 1 aromatic carbocycles. The van der Waals surface area contributed by atoms with Crippen LogP contribution in [0.3, 0.4) is 0 Å². The van der Waals surface area contributed by atoms with E-state index in [-0.39, 0.29) is 11.9 Å². The number of carbonyl (C=O) groups excluding carboxylic acids is 1. The van der Waals surface area contributed by atoms with Gasteiger partial charge in [0.05, 0.1) is 5.52 Å². The van der Waals surface area contributed by atoms with E-state index in [0.717, 1.165) is 49.1 Å². The van der Waals surface area contributed by atoms with E-state index in [0.29, 0.717) is 6.54 Å². The predicted molar refractivity (Wildman–Crippen MR) is 96.1 cm³/mol. The lowest BCUT2D eigenvalue weighted by Gasteiger charge is -2.26. The minimum atomic E-state index is -0.136. The van der Waals surface area contributed by atoms with Crippen molar-refractivity contribution < 1.29 is 4.79 Å². The number of carbonyl (C=O) groups is 1. The van der Waals surface area contributed by atoms with Gasteiger partial charge in [0, 0.05) is 18.5 Å². The SMILES string of the molecule is CN(C)CCCNC(=O)C1CCCN1c1ncnc2ccccc12. The van der Waals surface area contributed by atoms with E-state index in [4.69, 9.17) is 0 Å². The molecule has 0 radical (unpaired) electrons. The van der Waals surface area contributed by atoms with Crippen LogP contribution in [0.5, 0.6) is 0 Å². The lowest BCUT2D eigenvalue weighted by molar-refractivity contribution is -0.122. The van der Waals surface area contributed by atoms with Crippen LogP contribution in [0.15, 0.2) is 30.6 Å². The Morgan fingerprint density at radius 2 is 2.17 bits per heavy atom. The average Bonchev–Trinajstić information content (AvgIpc) is 3.07. The van der Waals surface area contributed by atoms with Crippen LogP contribution < -0.4 is 10.2 Å². The maximum absolute atomic E-state index is 12.6. The van der Waals surface area contributed by atoms with Crippen molar-refractivity contribution in [1.82, 2.24) is 20.2 Å². The predicted octanol–water partition coefficient (Wildman–Crippen LogP) is 1.67. The molecule has 1 aromatic heterocycles. The number of anilines is 1. The second-order valence-electron chi connectivity index (χ2n) is 6.51. The highest BCUT2D eigenvalue weighted by atomic mass is 16.2. The number of benzene rings is 1. The van der Waals surface area contributed by atoms with E-state index in [1.54, 1.807) is 6.33 Å². The van der Waals surface area contributed by atoms with E-state index in [9.17, 15) is 4.79 Å².